The summed E-state index contributed by atoms with van der Waals surface area (Å²) in [6.45, 7) is 3.71. The maximum absolute atomic E-state index is 11.9. The van der Waals surface area contributed by atoms with E-state index in [1.165, 1.54) is 12.8 Å². The normalized spacial score (nSPS) is 15.3. The zero-order valence-electron chi connectivity index (χ0n) is 9.29. The molecule has 1 aliphatic rings. The molecule has 3 heteroatoms. The summed E-state index contributed by atoms with van der Waals surface area (Å²) in [4.78, 5) is 11.9. The molecule has 0 bridgehead atoms. The number of ketones is 1. The van der Waals surface area contributed by atoms with Gasteiger partial charge >= 0.3 is 0 Å². The highest BCUT2D eigenvalue weighted by Gasteiger charge is 2.22. The molecule has 15 heavy (non-hydrogen) atoms. The van der Waals surface area contributed by atoms with Gasteiger partial charge in [-0.15, -0.1) is 0 Å². The second-order valence-electron chi connectivity index (χ2n) is 4.39. The minimum absolute atomic E-state index is 0.220. The SMILES string of the molecule is Cc1cc(C(=O)CCC2CC2)c(C)nn1. The van der Waals surface area contributed by atoms with E-state index in [1.54, 1.807) is 0 Å². The Kier molecular flexibility index (Phi) is 2.80. The van der Waals surface area contributed by atoms with Gasteiger partial charge in [-0.3, -0.25) is 4.79 Å². The number of hydrogen-bond acceptors (Lipinski definition) is 3. The van der Waals surface area contributed by atoms with E-state index in [1.807, 2.05) is 19.9 Å². The fourth-order valence-corrected chi connectivity index (χ4v) is 1.71. The van der Waals surface area contributed by atoms with Crippen LogP contribution in [0.1, 0.15) is 47.4 Å². The molecule has 1 aromatic rings. The van der Waals surface area contributed by atoms with Crippen LogP contribution in [0, 0.1) is 19.8 Å². The fraction of sp³-hybridized carbons (Fsp3) is 0.583. The van der Waals surface area contributed by atoms with E-state index in [0.29, 0.717) is 6.42 Å². The van der Waals surface area contributed by atoms with E-state index in [4.69, 9.17) is 0 Å². The number of aromatic nitrogens is 2. The Morgan fingerprint density at radius 1 is 1.40 bits per heavy atom. The van der Waals surface area contributed by atoms with Crippen LogP contribution in [0.15, 0.2) is 6.07 Å². The quantitative estimate of drug-likeness (QED) is 0.707. The predicted molar refractivity (Wildman–Crippen MR) is 57.8 cm³/mol. The average molecular weight is 204 g/mol. The van der Waals surface area contributed by atoms with Crippen molar-refractivity contribution in [1.29, 1.82) is 0 Å². The van der Waals surface area contributed by atoms with Crippen LogP contribution in [0.2, 0.25) is 0 Å². The third kappa shape index (κ3) is 2.61. The van der Waals surface area contributed by atoms with Gasteiger partial charge in [-0.1, -0.05) is 12.8 Å². The van der Waals surface area contributed by atoms with Gasteiger partial charge in [0.25, 0.3) is 0 Å². The molecule has 1 aromatic heterocycles. The van der Waals surface area contributed by atoms with Crippen molar-refractivity contribution in [2.45, 2.75) is 39.5 Å². The van der Waals surface area contributed by atoms with Crippen LogP contribution < -0.4 is 0 Å². The first-order valence-corrected chi connectivity index (χ1v) is 5.51. The third-order valence-electron chi connectivity index (χ3n) is 2.88. The van der Waals surface area contributed by atoms with Gasteiger partial charge in [-0.25, -0.2) is 0 Å². The summed E-state index contributed by atoms with van der Waals surface area (Å²) in [7, 11) is 0. The molecule has 0 saturated heterocycles. The number of Topliss-reactive ketones (excluding diaryl/α,β-unsaturated/α-hetero) is 1. The molecule has 3 nitrogen and oxygen atoms in total. The summed E-state index contributed by atoms with van der Waals surface area (Å²) < 4.78 is 0. The molecule has 0 radical (unpaired) electrons. The number of rotatable bonds is 4. The Labute approximate surface area is 89.9 Å². The number of aryl methyl sites for hydroxylation is 2. The average Bonchev–Trinajstić information content (AvgIpc) is 3.02. The van der Waals surface area contributed by atoms with Crippen LogP contribution in [0.25, 0.3) is 0 Å². The largest absolute Gasteiger partial charge is 0.294 e. The first-order chi connectivity index (χ1) is 7.16. The zero-order chi connectivity index (χ0) is 10.8. The topological polar surface area (TPSA) is 42.9 Å². The summed E-state index contributed by atoms with van der Waals surface area (Å²) >= 11 is 0. The van der Waals surface area contributed by atoms with Gasteiger partial charge in [-0.2, -0.15) is 10.2 Å². The van der Waals surface area contributed by atoms with Gasteiger partial charge in [0.05, 0.1) is 11.4 Å². The number of carbonyl (C=O) groups excluding carboxylic acids is 1. The maximum atomic E-state index is 11.9. The molecular formula is C12H16N2O. The summed E-state index contributed by atoms with van der Waals surface area (Å²) in [5.74, 6) is 1.03. The van der Waals surface area contributed by atoms with E-state index in [2.05, 4.69) is 10.2 Å². The number of hydrogen-bond donors (Lipinski definition) is 0. The van der Waals surface area contributed by atoms with Gasteiger partial charge in [0.1, 0.15) is 0 Å². The molecule has 1 aliphatic carbocycles. The third-order valence-corrected chi connectivity index (χ3v) is 2.88. The summed E-state index contributed by atoms with van der Waals surface area (Å²) in [5, 5.41) is 7.90. The van der Waals surface area contributed by atoms with E-state index < -0.39 is 0 Å². The molecule has 1 fully saturated rings. The van der Waals surface area contributed by atoms with E-state index in [-0.39, 0.29) is 5.78 Å². The lowest BCUT2D eigenvalue weighted by Gasteiger charge is -2.03. The number of nitrogens with zero attached hydrogens (tertiary/aromatic N) is 2. The first-order valence-electron chi connectivity index (χ1n) is 5.51. The van der Waals surface area contributed by atoms with Gasteiger partial charge < -0.3 is 0 Å². The lowest BCUT2D eigenvalue weighted by molar-refractivity contribution is 0.0976. The van der Waals surface area contributed by atoms with Gasteiger partial charge in [-0.05, 0) is 32.3 Å². The van der Waals surface area contributed by atoms with E-state index in [9.17, 15) is 4.79 Å². The molecule has 0 aliphatic heterocycles. The van der Waals surface area contributed by atoms with Crippen LogP contribution in [0.5, 0.6) is 0 Å². The molecule has 0 aromatic carbocycles. The van der Waals surface area contributed by atoms with Gasteiger partial charge in [0.15, 0.2) is 5.78 Å². The standard InChI is InChI=1S/C12H16N2O/c1-8-7-11(9(2)14-13-8)12(15)6-5-10-3-4-10/h7,10H,3-6H2,1-2H3. The van der Waals surface area contributed by atoms with E-state index in [0.717, 1.165) is 29.3 Å². The summed E-state index contributed by atoms with van der Waals surface area (Å²) in [6, 6.07) is 1.84. The van der Waals surface area contributed by atoms with E-state index >= 15 is 0 Å². The van der Waals surface area contributed by atoms with Crippen molar-refractivity contribution in [3.8, 4) is 0 Å². The van der Waals surface area contributed by atoms with Gasteiger partial charge in [0.2, 0.25) is 0 Å². The second-order valence-corrected chi connectivity index (χ2v) is 4.39. The summed E-state index contributed by atoms with van der Waals surface area (Å²) in [5.41, 5.74) is 2.32. The first kappa shape index (κ1) is 10.3. The van der Waals surface area contributed by atoms with Crippen LogP contribution in [-0.2, 0) is 0 Å². The molecule has 0 N–H and O–H groups in total. The molecule has 1 saturated carbocycles. The lowest BCUT2D eigenvalue weighted by Crippen LogP contribution is -2.06. The molecule has 0 spiro atoms. The number of carbonyl (C=O) groups is 1. The maximum Gasteiger partial charge on any atom is 0.164 e. The van der Waals surface area contributed by atoms with Gasteiger partial charge in [0, 0.05) is 12.0 Å². The minimum Gasteiger partial charge on any atom is -0.294 e. The highest BCUT2D eigenvalue weighted by Crippen LogP contribution is 2.33. The molecule has 0 atom stereocenters. The Bertz CT molecular complexity index is 383. The monoisotopic (exact) mass is 204 g/mol. The Hall–Kier alpha value is -1.25. The summed E-state index contributed by atoms with van der Waals surface area (Å²) in [6.07, 6.45) is 4.32. The smallest absolute Gasteiger partial charge is 0.164 e. The van der Waals surface area contributed by atoms with Crippen LogP contribution >= 0.6 is 0 Å². The van der Waals surface area contributed by atoms with Crippen molar-refractivity contribution in [2.24, 2.45) is 5.92 Å². The molecular weight excluding hydrogens is 188 g/mol. The van der Waals surface area contributed by atoms with Crippen LogP contribution in [0.3, 0.4) is 0 Å². The Morgan fingerprint density at radius 2 is 2.13 bits per heavy atom. The van der Waals surface area contributed by atoms with Crippen molar-refractivity contribution < 1.29 is 4.79 Å². The fourth-order valence-electron chi connectivity index (χ4n) is 1.71. The highest BCUT2D eigenvalue weighted by molar-refractivity contribution is 5.97. The van der Waals surface area contributed by atoms with Crippen molar-refractivity contribution >= 4 is 5.78 Å². The Balaban J connectivity index is 2.05. The second kappa shape index (κ2) is 4.09. The van der Waals surface area contributed by atoms with Crippen molar-refractivity contribution in [2.75, 3.05) is 0 Å². The van der Waals surface area contributed by atoms with Crippen molar-refractivity contribution in [1.82, 2.24) is 10.2 Å². The Morgan fingerprint density at radius 3 is 2.80 bits per heavy atom. The van der Waals surface area contributed by atoms with Crippen LogP contribution in [0.4, 0.5) is 0 Å². The van der Waals surface area contributed by atoms with Crippen molar-refractivity contribution in [3.05, 3.63) is 23.0 Å². The van der Waals surface area contributed by atoms with Crippen LogP contribution in [-0.4, -0.2) is 16.0 Å². The molecule has 0 amide bonds. The van der Waals surface area contributed by atoms with Crippen molar-refractivity contribution in [3.63, 3.8) is 0 Å². The molecule has 0 unspecified atom stereocenters. The molecule has 80 valence electrons. The molecule has 1 heterocycles. The predicted octanol–water partition coefficient (Wildman–Crippen LogP) is 2.47. The molecule has 2 rings (SSSR count). The zero-order valence-corrected chi connectivity index (χ0v) is 9.29. The highest BCUT2D eigenvalue weighted by atomic mass is 16.1. The minimum atomic E-state index is 0.220. The lowest BCUT2D eigenvalue weighted by atomic mass is 10.0.